The van der Waals surface area contributed by atoms with Crippen LogP contribution in [0.4, 0.5) is 0 Å². The molecule has 0 spiro atoms. The van der Waals surface area contributed by atoms with Gasteiger partial charge < -0.3 is 9.84 Å². The van der Waals surface area contributed by atoms with E-state index in [4.69, 9.17) is 4.74 Å². The molecule has 0 bridgehead atoms. The Labute approximate surface area is 141 Å². The molecule has 3 heteroatoms. The second-order valence-corrected chi connectivity index (χ2v) is 8.44. The van der Waals surface area contributed by atoms with Crippen molar-refractivity contribution in [1.29, 1.82) is 0 Å². The Morgan fingerprint density at radius 2 is 2.13 bits per heavy atom. The van der Waals surface area contributed by atoms with Crippen molar-refractivity contribution in [2.24, 2.45) is 28.6 Å². The monoisotopic (exact) mass is 322 g/mol. The van der Waals surface area contributed by atoms with Gasteiger partial charge in [-0.2, -0.15) is 0 Å². The highest BCUT2D eigenvalue weighted by molar-refractivity contribution is 5.77. The zero-order chi connectivity index (χ0) is 17.3. The van der Waals surface area contributed by atoms with Gasteiger partial charge in [-0.15, -0.1) is 0 Å². The molecule has 0 heterocycles. The lowest BCUT2D eigenvalue weighted by Crippen LogP contribution is -2.53. The molecule has 2 fully saturated rings. The molecule has 0 aliphatic heterocycles. The highest BCUT2D eigenvalue weighted by Gasteiger charge is 2.57. The van der Waals surface area contributed by atoms with E-state index in [2.05, 4.69) is 27.4 Å². The summed E-state index contributed by atoms with van der Waals surface area (Å²) in [5, 5.41) is 9.33. The quantitative estimate of drug-likeness (QED) is 0.605. The Morgan fingerprint density at radius 1 is 1.43 bits per heavy atom. The maximum atomic E-state index is 12.5. The van der Waals surface area contributed by atoms with Crippen molar-refractivity contribution in [3.63, 3.8) is 0 Å². The van der Waals surface area contributed by atoms with Gasteiger partial charge in [-0.1, -0.05) is 32.4 Å². The molecule has 132 valence electrons. The molecule has 0 saturated heterocycles. The van der Waals surface area contributed by atoms with Crippen molar-refractivity contribution in [3.05, 3.63) is 12.2 Å². The number of aliphatic hydroxyl groups excluding tert-OH is 1. The van der Waals surface area contributed by atoms with Crippen molar-refractivity contribution in [2.75, 3.05) is 13.7 Å². The molecule has 23 heavy (non-hydrogen) atoms. The van der Waals surface area contributed by atoms with Gasteiger partial charge in [-0.05, 0) is 68.6 Å². The first-order valence-corrected chi connectivity index (χ1v) is 9.16. The maximum absolute atomic E-state index is 12.5. The van der Waals surface area contributed by atoms with E-state index in [1.807, 2.05) is 0 Å². The predicted molar refractivity (Wildman–Crippen MR) is 92.9 cm³/mol. The lowest BCUT2D eigenvalue weighted by atomic mass is 9.46. The summed E-state index contributed by atoms with van der Waals surface area (Å²) < 4.78 is 5.17. The van der Waals surface area contributed by atoms with Crippen LogP contribution in [0.15, 0.2) is 12.2 Å². The number of esters is 1. The fraction of sp³-hybridized carbons (Fsp3) is 0.850. The van der Waals surface area contributed by atoms with Crippen LogP contribution in [-0.2, 0) is 9.53 Å². The van der Waals surface area contributed by atoms with E-state index < -0.39 is 0 Å². The van der Waals surface area contributed by atoms with E-state index in [1.165, 1.54) is 19.1 Å². The summed E-state index contributed by atoms with van der Waals surface area (Å²) in [4.78, 5) is 12.5. The van der Waals surface area contributed by atoms with Crippen LogP contribution in [0.25, 0.3) is 0 Å². The van der Waals surface area contributed by atoms with Gasteiger partial charge in [0.2, 0.25) is 0 Å². The number of hydrogen-bond acceptors (Lipinski definition) is 3. The van der Waals surface area contributed by atoms with E-state index in [0.29, 0.717) is 17.8 Å². The number of ether oxygens (including phenoxy) is 1. The highest BCUT2D eigenvalue weighted by atomic mass is 16.5. The van der Waals surface area contributed by atoms with E-state index in [9.17, 15) is 9.90 Å². The molecule has 0 aromatic rings. The number of carbonyl (C=O) groups is 1. The van der Waals surface area contributed by atoms with Crippen molar-refractivity contribution in [3.8, 4) is 0 Å². The van der Waals surface area contributed by atoms with Gasteiger partial charge in [-0.3, -0.25) is 4.79 Å². The molecule has 5 atom stereocenters. The minimum absolute atomic E-state index is 0.0385. The third-order valence-corrected chi connectivity index (χ3v) is 6.93. The lowest BCUT2D eigenvalue weighted by Gasteiger charge is -2.57. The summed E-state index contributed by atoms with van der Waals surface area (Å²) in [6.45, 7) is 11.2. The van der Waals surface area contributed by atoms with E-state index in [-0.39, 0.29) is 23.4 Å². The van der Waals surface area contributed by atoms with Gasteiger partial charge in [0.05, 0.1) is 12.5 Å². The molecule has 0 unspecified atom stereocenters. The van der Waals surface area contributed by atoms with Crippen molar-refractivity contribution in [1.82, 2.24) is 0 Å². The zero-order valence-electron chi connectivity index (χ0n) is 15.4. The van der Waals surface area contributed by atoms with Crippen molar-refractivity contribution in [2.45, 2.75) is 65.7 Å². The van der Waals surface area contributed by atoms with Crippen LogP contribution in [0.3, 0.4) is 0 Å². The fourth-order valence-electron chi connectivity index (χ4n) is 5.50. The first-order chi connectivity index (χ1) is 10.8. The molecule has 1 N–H and O–H groups in total. The number of rotatable bonds is 5. The summed E-state index contributed by atoms with van der Waals surface area (Å²) >= 11 is 0. The van der Waals surface area contributed by atoms with Crippen LogP contribution in [0, 0.1) is 28.6 Å². The summed E-state index contributed by atoms with van der Waals surface area (Å²) in [6, 6.07) is 0. The number of hydrogen-bond donors (Lipinski definition) is 1. The first kappa shape index (κ1) is 18.5. The third-order valence-electron chi connectivity index (χ3n) is 6.93. The third kappa shape index (κ3) is 3.22. The van der Waals surface area contributed by atoms with Gasteiger partial charge in [0.15, 0.2) is 0 Å². The number of fused-ring (bicyclic) bond motifs is 1. The number of carbonyl (C=O) groups excluding carboxylic acids is 1. The normalized spacial score (nSPS) is 38.7. The highest BCUT2D eigenvalue weighted by Crippen LogP contribution is 2.62. The van der Waals surface area contributed by atoms with E-state index in [1.54, 1.807) is 0 Å². The standard InChI is InChI=1S/C20H34O3/c1-14(13-21)7-9-16-15(2)8-10-17-19(16,3)11-6-12-20(17,4)18(22)23-5/h14,16-17,21H,2,6-13H2,1,3-5H3/t14-,16-,17+,19+,20-/m0/s1. The Balaban J connectivity index is 2.27. The van der Waals surface area contributed by atoms with Crippen LogP contribution < -0.4 is 0 Å². The molecule has 2 saturated carbocycles. The minimum Gasteiger partial charge on any atom is -0.469 e. The summed E-state index contributed by atoms with van der Waals surface area (Å²) in [7, 11) is 1.52. The average molecular weight is 322 g/mol. The number of methoxy groups -OCH3 is 1. The maximum Gasteiger partial charge on any atom is 0.311 e. The zero-order valence-corrected chi connectivity index (χ0v) is 15.4. The van der Waals surface area contributed by atoms with Crippen LogP contribution in [-0.4, -0.2) is 24.8 Å². The average Bonchev–Trinajstić information content (AvgIpc) is 2.52. The molecule has 2 rings (SSSR count). The smallest absolute Gasteiger partial charge is 0.311 e. The summed E-state index contributed by atoms with van der Waals surface area (Å²) in [6.07, 6.45) is 7.35. The van der Waals surface area contributed by atoms with E-state index >= 15 is 0 Å². The van der Waals surface area contributed by atoms with Crippen LogP contribution in [0.1, 0.15) is 65.7 Å². The fourth-order valence-corrected chi connectivity index (χ4v) is 5.50. The van der Waals surface area contributed by atoms with E-state index in [0.717, 1.165) is 38.5 Å². The second-order valence-electron chi connectivity index (χ2n) is 8.44. The van der Waals surface area contributed by atoms with Crippen molar-refractivity contribution >= 4 is 5.97 Å². The van der Waals surface area contributed by atoms with Gasteiger partial charge in [-0.25, -0.2) is 0 Å². The number of aliphatic hydroxyl groups is 1. The second kappa shape index (κ2) is 6.96. The van der Waals surface area contributed by atoms with Gasteiger partial charge >= 0.3 is 5.97 Å². The summed E-state index contributed by atoms with van der Waals surface area (Å²) in [5.74, 6) is 1.13. The molecular weight excluding hydrogens is 288 g/mol. The Morgan fingerprint density at radius 3 is 2.74 bits per heavy atom. The topological polar surface area (TPSA) is 46.5 Å². The van der Waals surface area contributed by atoms with Gasteiger partial charge in [0, 0.05) is 6.61 Å². The SMILES string of the molecule is C=C1CC[C@@H]2[C@](C)(CCC[C@]2(C)C(=O)OC)[C@H]1CC[C@H](C)CO. The minimum atomic E-state index is -0.358. The lowest BCUT2D eigenvalue weighted by molar-refractivity contribution is -0.168. The van der Waals surface area contributed by atoms with Crippen LogP contribution >= 0.6 is 0 Å². The molecule has 0 radical (unpaired) electrons. The molecule has 3 nitrogen and oxygen atoms in total. The Bertz CT molecular complexity index is 458. The molecule has 0 aromatic heterocycles. The van der Waals surface area contributed by atoms with Crippen molar-refractivity contribution < 1.29 is 14.6 Å². The Hall–Kier alpha value is -0.830. The van der Waals surface area contributed by atoms with Gasteiger partial charge in [0.1, 0.15) is 0 Å². The van der Waals surface area contributed by atoms with Crippen LogP contribution in [0.2, 0.25) is 0 Å². The van der Waals surface area contributed by atoms with Crippen LogP contribution in [0.5, 0.6) is 0 Å². The largest absolute Gasteiger partial charge is 0.469 e. The first-order valence-electron chi connectivity index (χ1n) is 9.16. The number of allylic oxidation sites excluding steroid dienone is 1. The summed E-state index contributed by atoms with van der Waals surface area (Å²) in [5.41, 5.74) is 1.12. The molecule has 0 amide bonds. The molecule has 0 aromatic carbocycles. The van der Waals surface area contributed by atoms with Gasteiger partial charge in [0.25, 0.3) is 0 Å². The molecular formula is C20H34O3. The predicted octanol–water partition coefficient (Wildman–Crippen LogP) is 4.35. The Kier molecular flexibility index (Phi) is 5.60. The molecule has 2 aliphatic rings. The molecule has 2 aliphatic carbocycles.